The van der Waals surface area contributed by atoms with Gasteiger partial charge in [0.15, 0.2) is 0 Å². The van der Waals surface area contributed by atoms with Crippen molar-refractivity contribution in [2.75, 3.05) is 20.7 Å². The smallest absolute Gasteiger partial charge is 0.236 e. The number of methoxy groups -OCH3 is 1. The highest BCUT2D eigenvalue weighted by atomic mass is 16.5. The van der Waals surface area contributed by atoms with Crippen LogP contribution in [0.1, 0.15) is 31.4 Å². The molecule has 0 heterocycles. The van der Waals surface area contributed by atoms with Crippen molar-refractivity contribution in [3.63, 3.8) is 0 Å². The summed E-state index contributed by atoms with van der Waals surface area (Å²) >= 11 is 0. The number of benzene rings is 1. The van der Waals surface area contributed by atoms with Crippen LogP contribution in [0.3, 0.4) is 0 Å². The van der Waals surface area contributed by atoms with Gasteiger partial charge in [0, 0.05) is 19.1 Å². The number of ether oxygens (including phenoxy) is 1. The first-order valence-corrected chi connectivity index (χ1v) is 6.75. The van der Waals surface area contributed by atoms with E-state index < -0.39 is 0 Å². The van der Waals surface area contributed by atoms with Crippen molar-refractivity contribution < 1.29 is 9.53 Å². The molecule has 104 valence electrons. The predicted octanol–water partition coefficient (Wildman–Crippen LogP) is 1.97. The fourth-order valence-corrected chi connectivity index (χ4v) is 2.04. The van der Waals surface area contributed by atoms with Gasteiger partial charge in [-0.25, -0.2) is 0 Å². The topological polar surface area (TPSA) is 41.6 Å². The summed E-state index contributed by atoms with van der Waals surface area (Å²) in [5.74, 6) is 1.02. The van der Waals surface area contributed by atoms with Gasteiger partial charge in [-0.05, 0) is 37.5 Å². The Morgan fingerprint density at radius 2 is 2.05 bits per heavy atom. The van der Waals surface area contributed by atoms with Gasteiger partial charge in [-0.1, -0.05) is 12.1 Å². The summed E-state index contributed by atoms with van der Waals surface area (Å²) in [5.41, 5.74) is 1.16. The Morgan fingerprint density at radius 1 is 1.42 bits per heavy atom. The third-order valence-electron chi connectivity index (χ3n) is 3.66. The van der Waals surface area contributed by atoms with E-state index in [0.29, 0.717) is 12.6 Å². The third kappa shape index (κ3) is 3.70. The fourth-order valence-electron chi connectivity index (χ4n) is 2.04. The number of hydrogen-bond acceptors (Lipinski definition) is 3. The van der Waals surface area contributed by atoms with E-state index in [2.05, 4.69) is 12.2 Å². The van der Waals surface area contributed by atoms with E-state index in [9.17, 15) is 4.79 Å². The van der Waals surface area contributed by atoms with Crippen LogP contribution in [-0.4, -0.2) is 37.6 Å². The average Bonchev–Trinajstić information content (AvgIpc) is 3.28. The molecular weight excluding hydrogens is 240 g/mol. The first kappa shape index (κ1) is 13.9. The molecule has 0 unspecified atom stereocenters. The lowest BCUT2D eigenvalue weighted by atomic mass is 10.1. The normalized spacial score (nSPS) is 15.9. The molecular formula is C15H22N2O2. The van der Waals surface area contributed by atoms with Crippen molar-refractivity contribution in [3.05, 3.63) is 29.8 Å². The van der Waals surface area contributed by atoms with E-state index in [-0.39, 0.29) is 11.9 Å². The maximum Gasteiger partial charge on any atom is 0.236 e. The molecule has 1 saturated carbocycles. The summed E-state index contributed by atoms with van der Waals surface area (Å²) in [5, 5.41) is 3.27. The molecule has 1 aromatic rings. The van der Waals surface area contributed by atoms with Crippen molar-refractivity contribution in [1.29, 1.82) is 0 Å². The summed E-state index contributed by atoms with van der Waals surface area (Å²) in [6.45, 7) is 2.45. The monoisotopic (exact) mass is 262 g/mol. The Bertz CT molecular complexity index is 426. The third-order valence-corrected chi connectivity index (χ3v) is 3.66. The summed E-state index contributed by atoms with van der Waals surface area (Å²) in [7, 11) is 3.54. The summed E-state index contributed by atoms with van der Waals surface area (Å²) in [6.07, 6.45) is 2.30. The first-order valence-electron chi connectivity index (χ1n) is 6.75. The van der Waals surface area contributed by atoms with Crippen LogP contribution in [0.15, 0.2) is 24.3 Å². The highest BCUT2D eigenvalue weighted by Gasteiger charge is 2.29. The molecule has 1 aromatic carbocycles. The minimum Gasteiger partial charge on any atom is -0.497 e. The minimum atomic E-state index is 0.155. The number of rotatable bonds is 6. The second kappa shape index (κ2) is 6.06. The van der Waals surface area contributed by atoms with Crippen molar-refractivity contribution in [2.24, 2.45) is 0 Å². The van der Waals surface area contributed by atoms with Gasteiger partial charge in [0.25, 0.3) is 0 Å². The van der Waals surface area contributed by atoms with Crippen LogP contribution in [0.4, 0.5) is 0 Å². The molecule has 0 saturated heterocycles. The molecule has 2 rings (SSSR count). The van der Waals surface area contributed by atoms with E-state index in [1.165, 1.54) is 0 Å². The Kier molecular flexibility index (Phi) is 4.43. The van der Waals surface area contributed by atoms with Crippen LogP contribution in [0, 0.1) is 0 Å². The maximum atomic E-state index is 11.9. The summed E-state index contributed by atoms with van der Waals surface area (Å²) in [6, 6.07) is 8.54. The molecule has 4 heteroatoms. The Labute approximate surface area is 114 Å². The van der Waals surface area contributed by atoms with Gasteiger partial charge in [0.1, 0.15) is 5.75 Å². The van der Waals surface area contributed by atoms with E-state index in [0.717, 1.165) is 24.2 Å². The zero-order chi connectivity index (χ0) is 13.8. The number of carbonyl (C=O) groups is 1. The van der Waals surface area contributed by atoms with E-state index >= 15 is 0 Å². The first-order chi connectivity index (χ1) is 9.11. The second-order valence-corrected chi connectivity index (χ2v) is 5.11. The molecule has 1 fully saturated rings. The van der Waals surface area contributed by atoms with Gasteiger partial charge in [-0.15, -0.1) is 0 Å². The van der Waals surface area contributed by atoms with E-state index in [1.54, 1.807) is 7.11 Å². The maximum absolute atomic E-state index is 11.9. The molecule has 1 aliphatic rings. The van der Waals surface area contributed by atoms with Gasteiger partial charge in [0.05, 0.1) is 13.7 Å². The Morgan fingerprint density at radius 3 is 2.58 bits per heavy atom. The summed E-state index contributed by atoms with van der Waals surface area (Å²) in [4.78, 5) is 13.8. The molecule has 0 radical (unpaired) electrons. The van der Waals surface area contributed by atoms with Crippen LogP contribution >= 0.6 is 0 Å². The quantitative estimate of drug-likeness (QED) is 0.852. The van der Waals surface area contributed by atoms with Gasteiger partial charge in [-0.3, -0.25) is 4.79 Å². The number of likely N-dealkylation sites (N-methyl/N-ethyl adjacent to an activating group) is 1. The van der Waals surface area contributed by atoms with Crippen molar-refractivity contribution in [2.45, 2.75) is 31.8 Å². The van der Waals surface area contributed by atoms with Gasteiger partial charge >= 0.3 is 0 Å². The number of carbonyl (C=O) groups excluding carboxylic acids is 1. The predicted molar refractivity (Wildman–Crippen MR) is 75.2 cm³/mol. The molecule has 1 N–H and O–H groups in total. The SMILES string of the molecule is COc1ccc([C@@H](C)NCC(=O)N(C)C2CC2)cc1. The number of nitrogens with one attached hydrogen (secondary N) is 1. The van der Waals surface area contributed by atoms with Crippen molar-refractivity contribution in [1.82, 2.24) is 10.2 Å². The molecule has 1 amide bonds. The lowest BCUT2D eigenvalue weighted by molar-refractivity contribution is -0.129. The van der Waals surface area contributed by atoms with E-state index in [4.69, 9.17) is 4.74 Å². The van der Waals surface area contributed by atoms with Gasteiger partial charge in [0.2, 0.25) is 5.91 Å². The molecule has 0 bridgehead atoms. The molecule has 0 aliphatic heterocycles. The highest BCUT2D eigenvalue weighted by molar-refractivity contribution is 5.78. The van der Waals surface area contributed by atoms with Crippen molar-refractivity contribution >= 4 is 5.91 Å². The standard InChI is InChI=1S/C15H22N2O2/c1-11(12-4-8-14(19-3)9-5-12)16-10-15(18)17(2)13-6-7-13/h4-5,8-9,11,13,16H,6-7,10H2,1-3H3/t11-/m1/s1. The van der Waals surface area contributed by atoms with Gasteiger partial charge < -0.3 is 15.0 Å². The molecule has 1 atom stereocenters. The average molecular weight is 262 g/mol. The number of hydrogen-bond donors (Lipinski definition) is 1. The van der Waals surface area contributed by atoms with Crippen LogP contribution in [-0.2, 0) is 4.79 Å². The molecule has 1 aliphatic carbocycles. The van der Waals surface area contributed by atoms with Crippen LogP contribution < -0.4 is 10.1 Å². The zero-order valence-corrected chi connectivity index (χ0v) is 11.8. The van der Waals surface area contributed by atoms with Crippen LogP contribution in [0.2, 0.25) is 0 Å². The number of nitrogens with zero attached hydrogens (tertiary/aromatic N) is 1. The Balaban J connectivity index is 1.82. The Hall–Kier alpha value is -1.55. The van der Waals surface area contributed by atoms with Gasteiger partial charge in [-0.2, -0.15) is 0 Å². The fraction of sp³-hybridized carbons (Fsp3) is 0.533. The lowest BCUT2D eigenvalue weighted by Gasteiger charge is -2.19. The van der Waals surface area contributed by atoms with Crippen molar-refractivity contribution in [3.8, 4) is 5.75 Å². The van der Waals surface area contributed by atoms with E-state index in [1.807, 2.05) is 36.2 Å². The largest absolute Gasteiger partial charge is 0.497 e. The number of amides is 1. The molecule has 0 aromatic heterocycles. The zero-order valence-electron chi connectivity index (χ0n) is 11.8. The highest BCUT2D eigenvalue weighted by Crippen LogP contribution is 2.25. The lowest BCUT2D eigenvalue weighted by Crippen LogP contribution is -2.37. The molecule has 0 spiro atoms. The summed E-state index contributed by atoms with van der Waals surface area (Å²) < 4.78 is 5.13. The van der Waals surface area contributed by atoms with Crippen LogP contribution in [0.25, 0.3) is 0 Å². The molecule has 19 heavy (non-hydrogen) atoms. The molecule has 4 nitrogen and oxygen atoms in total. The minimum absolute atomic E-state index is 0.155. The van der Waals surface area contributed by atoms with Crippen LogP contribution in [0.5, 0.6) is 5.75 Å². The second-order valence-electron chi connectivity index (χ2n) is 5.11.